The number of hydrogen-bond donors (Lipinski definition) is 0. The minimum atomic E-state index is -0.331. The summed E-state index contributed by atoms with van der Waals surface area (Å²) in [5.41, 5.74) is 1.99. The number of rotatable bonds is 3. The fourth-order valence-electron chi connectivity index (χ4n) is 2.16. The van der Waals surface area contributed by atoms with Crippen LogP contribution in [0, 0.1) is 12.7 Å². The molecule has 0 atom stereocenters. The van der Waals surface area contributed by atoms with Gasteiger partial charge in [0.2, 0.25) is 0 Å². The molecule has 1 saturated carbocycles. The molecule has 5 heteroatoms. The maximum Gasteiger partial charge on any atom is 0.136 e. The van der Waals surface area contributed by atoms with E-state index in [2.05, 4.69) is 9.97 Å². The van der Waals surface area contributed by atoms with E-state index in [1.165, 1.54) is 12.1 Å². The van der Waals surface area contributed by atoms with Gasteiger partial charge >= 0.3 is 0 Å². The van der Waals surface area contributed by atoms with Crippen LogP contribution in [0.1, 0.15) is 30.1 Å². The van der Waals surface area contributed by atoms with Gasteiger partial charge in [-0.25, -0.2) is 14.4 Å². The van der Waals surface area contributed by atoms with Gasteiger partial charge in [0.25, 0.3) is 0 Å². The first-order valence-corrected chi connectivity index (χ1v) is 6.86. The van der Waals surface area contributed by atoms with Crippen molar-refractivity contribution < 1.29 is 9.13 Å². The van der Waals surface area contributed by atoms with Crippen LogP contribution in [0.2, 0.25) is 5.15 Å². The highest BCUT2D eigenvalue weighted by atomic mass is 35.5. The summed E-state index contributed by atoms with van der Waals surface area (Å²) in [4.78, 5) is 8.89. The van der Waals surface area contributed by atoms with Crippen LogP contribution in [0.4, 0.5) is 4.39 Å². The van der Waals surface area contributed by atoms with Crippen molar-refractivity contribution in [2.45, 2.75) is 25.7 Å². The lowest BCUT2D eigenvalue weighted by molar-refractivity contribution is 0.415. The second-order valence-electron chi connectivity index (χ2n) is 4.97. The molecule has 104 valence electrons. The summed E-state index contributed by atoms with van der Waals surface area (Å²) in [6.45, 7) is 1.83. The molecule has 1 fully saturated rings. The van der Waals surface area contributed by atoms with Crippen LogP contribution in [-0.4, -0.2) is 17.1 Å². The molecule has 0 radical (unpaired) electrons. The summed E-state index contributed by atoms with van der Waals surface area (Å²) < 4.78 is 18.8. The molecule has 0 amide bonds. The van der Waals surface area contributed by atoms with Crippen molar-refractivity contribution in [3.05, 3.63) is 40.6 Å². The molecule has 0 saturated heterocycles. The van der Waals surface area contributed by atoms with Crippen LogP contribution in [0.25, 0.3) is 11.3 Å². The Kier molecular flexibility index (Phi) is 3.34. The summed E-state index contributed by atoms with van der Waals surface area (Å²) in [5.74, 6) is 1.36. The maximum atomic E-state index is 13.5. The fraction of sp³-hybridized carbons (Fsp3) is 0.333. The van der Waals surface area contributed by atoms with Crippen molar-refractivity contribution in [1.82, 2.24) is 9.97 Å². The Morgan fingerprint density at radius 1 is 1.30 bits per heavy atom. The van der Waals surface area contributed by atoms with E-state index in [4.69, 9.17) is 16.3 Å². The quantitative estimate of drug-likeness (QED) is 0.798. The molecule has 1 aromatic heterocycles. The molecule has 2 aromatic rings. The van der Waals surface area contributed by atoms with E-state index in [0.717, 1.165) is 24.2 Å². The highest BCUT2D eigenvalue weighted by Crippen LogP contribution is 2.41. The second-order valence-corrected chi connectivity index (χ2v) is 5.32. The van der Waals surface area contributed by atoms with Crippen molar-refractivity contribution in [2.24, 2.45) is 0 Å². The molecule has 3 rings (SSSR count). The number of aromatic nitrogens is 2. The molecule has 0 N–H and O–H groups in total. The lowest BCUT2D eigenvalue weighted by Crippen LogP contribution is -2.01. The first kappa shape index (κ1) is 13.3. The molecule has 1 aliphatic rings. The molecular weight excluding hydrogens is 279 g/mol. The summed E-state index contributed by atoms with van der Waals surface area (Å²) in [6.07, 6.45) is 2.16. The van der Waals surface area contributed by atoms with Gasteiger partial charge in [0, 0.05) is 17.0 Å². The molecule has 0 unspecified atom stereocenters. The van der Waals surface area contributed by atoms with Gasteiger partial charge in [0.05, 0.1) is 12.8 Å². The van der Waals surface area contributed by atoms with Gasteiger partial charge in [0.1, 0.15) is 22.5 Å². The van der Waals surface area contributed by atoms with E-state index in [1.807, 2.05) is 6.92 Å². The molecule has 20 heavy (non-hydrogen) atoms. The largest absolute Gasteiger partial charge is 0.496 e. The monoisotopic (exact) mass is 292 g/mol. The highest BCUT2D eigenvalue weighted by Gasteiger charge is 2.28. The van der Waals surface area contributed by atoms with Crippen LogP contribution < -0.4 is 4.74 Å². The number of nitrogens with zero attached hydrogens (tertiary/aromatic N) is 2. The van der Waals surface area contributed by atoms with Gasteiger partial charge in [0.15, 0.2) is 0 Å². The Balaban J connectivity index is 2.20. The number of benzene rings is 1. The zero-order chi connectivity index (χ0) is 14.3. The van der Waals surface area contributed by atoms with Crippen molar-refractivity contribution in [2.75, 3.05) is 7.11 Å². The predicted molar refractivity (Wildman–Crippen MR) is 75.7 cm³/mol. The third kappa shape index (κ3) is 2.36. The molecule has 0 spiro atoms. The van der Waals surface area contributed by atoms with E-state index < -0.39 is 0 Å². The summed E-state index contributed by atoms with van der Waals surface area (Å²) in [6, 6.07) is 4.38. The van der Waals surface area contributed by atoms with Crippen molar-refractivity contribution in [3.63, 3.8) is 0 Å². The first-order valence-electron chi connectivity index (χ1n) is 6.48. The number of ether oxygens (including phenoxy) is 1. The van der Waals surface area contributed by atoms with Gasteiger partial charge in [-0.05, 0) is 38.0 Å². The van der Waals surface area contributed by atoms with E-state index in [9.17, 15) is 4.39 Å². The van der Waals surface area contributed by atoms with E-state index in [1.54, 1.807) is 13.2 Å². The SMILES string of the molecule is COc1ccc(F)cc1-c1nc(C2CC2)nc(Cl)c1C. The van der Waals surface area contributed by atoms with Crippen LogP contribution in [0.15, 0.2) is 18.2 Å². The van der Waals surface area contributed by atoms with Gasteiger partial charge in [-0.2, -0.15) is 0 Å². The minimum absolute atomic E-state index is 0.331. The average Bonchev–Trinajstić information content (AvgIpc) is 3.26. The average molecular weight is 293 g/mol. The lowest BCUT2D eigenvalue weighted by atomic mass is 10.1. The predicted octanol–water partition coefficient (Wildman–Crippen LogP) is 4.13. The maximum absolute atomic E-state index is 13.5. The number of hydrogen-bond acceptors (Lipinski definition) is 3. The normalized spacial score (nSPS) is 14.4. The fourth-order valence-corrected chi connectivity index (χ4v) is 2.33. The van der Waals surface area contributed by atoms with Crippen LogP contribution >= 0.6 is 11.6 Å². The lowest BCUT2D eigenvalue weighted by Gasteiger charge is -2.12. The Hall–Kier alpha value is -1.68. The van der Waals surface area contributed by atoms with Crippen molar-refractivity contribution in [1.29, 1.82) is 0 Å². The molecule has 1 heterocycles. The van der Waals surface area contributed by atoms with Crippen LogP contribution in [-0.2, 0) is 0 Å². The number of methoxy groups -OCH3 is 1. The second kappa shape index (κ2) is 5.02. The van der Waals surface area contributed by atoms with Gasteiger partial charge < -0.3 is 4.74 Å². The van der Waals surface area contributed by atoms with E-state index in [-0.39, 0.29) is 5.82 Å². The van der Waals surface area contributed by atoms with Crippen molar-refractivity contribution >= 4 is 11.6 Å². The molecule has 3 nitrogen and oxygen atoms in total. The highest BCUT2D eigenvalue weighted by molar-refractivity contribution is 6.30. The Labute approximate surface area is 121 Å². The summed E-state index contributed by atoms with van der Waals surface area (Å²) in [7, 11) is 1.55. The standard InChI is InChI=1S/C15H14ClFN2O/c1-8-13(11-7-10(17)5-6-12(11)20-2)18-15(9-3-4-9)19-14(8)16/h5-7,9H,3-4H2,1-2H3. The summed E-state index contributed by atoms with van der Waals surface area (Å²) >= 11 is 6.19. The minimum Gasteiger partial charge on any atom is -0.496 e. The van der Waals surface area contributed by atoms with E-state index >= 15 is 0 Å². The third-order valence-electron chi connectivity index (χ3n) is 3.46. The van der Waals surface area contributed by atoms with E-state index in [0.29, 0.717) is 28.1 Å². The summed E-state index contributed by atoms with van der Waals surface area (Å²) in [5, 5.41) is 0.420. The molecular formula is C15H14ClFN2O. The molecule has 1 aliphatic carbocycles. The van der Waals surface area contributed by atoms with Crippen molar-refractivity contribution in [3.8, 4) is 17.0 Å². The first-order chi connectivity index (χ1) is 9.60. The Morgan fingerprint density at radius 3 is 2.70 bits per heavy atom. The van der Waals surface area contributed by atoms with Gasteiger partial charge in [-0.1, -0.05) is 11.6 Å². The van der Waals surface area contributed by atoms with Crippen LogP contribution in [0.3, 0.4) is 0 Å². The van der Waals surface area contributed by atoms with Gasteiger partial charge in [-0.3, -0.25) is 0 Å². The topological polar surface area (TPSA) is 35.0 Å². The Bertz CT molecular complexity index is 671. The zero-order valence-corrected chi connectivity index (χ0v) is 12.0. The smallest absolute Gasteiger partial charge is 0.136 e. The Morgan fingerprint density at radius 2 is 2.05 bits per heavy atom. The molecule has 0 bridgehead atoms. The van der Waals surface area contributed by atoms with Crippen LogP contribution in [0.5, 0.6) is 5.75 Å². The molecule has 0 aliphatic heterocycles. The molecule has 1 aromatic carbocycles. The number of halogens is 2. The third-order valence-corrected chi connectivity index (χ3v) is 3.83. The van der Waals surface area contributed by atoms with Gasteiger partial charge in [-0.15, -0.1) is 0 Å². The zero-order valence-electron chi connectivity index (χ0n) is 11.3.